The van der Waals surface area contributed by atoms with Gasteiger partial charge in [-0.1, -0.05) is 0 Å². The Bertz CT molecular complexity index is 343. The topological polar surface area (TPSA) is 69.9 Å². The van der Waals surface area contributed by atoms with Gasteiger partial charge in [0.15, 0.2) is 0 Å². The molecular formula is C13H26Cl2N4O2. The highest BCUT2D eigenvalue weighted by Gasteiger charge is 2.30. The molecule has 8 heteroatoms. The summed E-state index contributed by atoms with van der Waals surface area (Å²) in [6, 6.07) is -0.0757. The lowest BCUT2D eigenvalue weighted by atomic mass is 10.2. The van der Waals surface area contributed by atoms with Crippen molar-refractivity contribution in [3.05, 3.63) is 0 Å². The largest absolute Gasteiger partial charge is 0.341 e. The third kappa shape index (κ3) is 4.98. The minimum absolute atomic E-state index is 0. The zero-order valence-corrected chi connectivity index (χ0v) is 14.1. The molecule has 2 aliphatic heterocycles. The van der Waals surface area contributed by atoms with Crippen molar-refractivity contribution in [2.75, 3.05) is 45.8 Å². The van der Waals surface area contributed by atoms with E-state index in [1.807, 2.05) is 11.8 Å². The van der Waals surface area contributed by atoms with Gasteiger partial charge >= 0.3 is 0 Å². The molecule has 0 aromatic carbocycles. The van der Waals surface area contributed by atoms with Crippen LogP contribution in [0.25, 0.3) is 0 Å². The molecule has 2 amide bonds. The summed E-state index contributed by atoms with van der Waals surface area (Å²) in [5, 5.41) is 0. The molecule has 1 unspecified atom stereocenters. The average Bonchev–Trinajstić information content (AvgIpc) is 2.99. The molecule has 0 aliphatic carbocycles. The number of likely N-dealkylation sites (tertiary alicyclic amines) is 1. The van der Waals surface area contributed by atoms with Crippen LogP contribution in [0.15, 0.2) is 0 Å². The molecule has 1 atom stereocenters. The van der Waals surface area contributed by atoms with Crippen LogP contribution in [0.5, 0.6) is 0 Å². The lowest BCUT2D eigenvalue weighted by Crippen LogP contribution is -2.56. The Balaban J connectivity index is 0.00000200. The second-order valence-electron chi connectivity index (χ2n) is 5.33. The van der Waals surface area contributed by atoms with Crippen LogP contribution in [0.3, 0.4) is 0 Å². The molecule has 2 rings (SSSR count). The Hall–Kier alpha value is -0.560. The van der Waals surface area contributed by atoms with E-state index in [0.29, 0.717) is 13.1 Å². The fourth-order valence-corrected chi connectivity index (χ4v) is 2.85. The molecular weight excluding hydrogens is 315 g/mol. The maximum absolute atomic E-state index is 12.3. The Kier molecular flexibility index (Phi) is 9.20. The predicted molar refractivity (Wildman–Crippen MR) is 87.0 cm³/mol. The van der Waals surface area contributed by atoms with Gasteiger partial charge in [0.2, 0.25) is 11.8 Å². The summed E-state index contributed by atoms with van der Waals surface area (Å²) in [6.07, 6.45) is 2.24. The SMILES string of the molecule is CC(C(=O)N1CCCC1)N1CCN(C(=O)CN)CC1.Cl.Cl. The van der Waals surface area contributed by atoms with Crippen LogP contribution in [-0.2, 0) is 9.59 Å². The smallest absolute Gasteiger partial charge is 0.239 e. The van der Waals surface area contributed by atoms with Crippen LogP contribution in [0.4, 0.5) is 0 Å². The molecule has 2 saturated heterocycles. The van der Waals surface area contributed by atoms with Crippen LogP contribution in [0, 0.1) is 0 Å². The fourth-order valence-electron chi connectivity index (χ4n) is 2.85. The lowest BCUT2D eigenvalue weighted by Gasteiger charge is -2.38. The van der Waals surface area contributed by atoms with E-state index in [1.54, 1.807) is 4.90 Å². The van der Waals surface area contributed by atoms with Crippen molar-refractivity contribution in [3.8, 4) is 0 Å². The number of piperazine rings is 1. The van der Waals surface area contributed by atoms with Gasteiger partial charge in [0.25, 0.3) is 0 Å². The van der Waals surface area contributed by atoms with Crippen molar-refractivity contribution < 1.29 is 9.59 Å². The first kappa shape index (κ1) is 20.4. The van der Waals surface area contributed by atoms with Gasteiger partial charge in [0.1, 0.15) is 0 Å². The van der Waals surface area contributed by atoms with E-state index >= 15 is 0 Å². The summed E-state index contributed by atoms with van der Waals surface area (Å²) in [6.45, 7) is 6.70. The molecule has 0 saturated carbocycles. The Morgan fingerprint density at radius 3 is 1.95 bits per heavy atom. The van der Waals surface area contributed by atoms with E-state index in [2.05, 4.69) is 4.90 Å². The number of nitrogens with zero attached hydrogens (tertiary/aromatic N) is 3. The molecule has 0 bridgehead atoms. The van der Waals surface area contributed by atoms with Gasteiger partial charge in [-0.15, -0.1) is 24.8 Å². The molecule has 0 radical (unpaired) electrons. The number of nitrogens with two attached hydrogens (primary N) is 1. The lowest BCUT2D eigenvalue weighted by molar-refractivity contribution is -0.137. The predicted octanol–water partition coefficient (Wildman–Crippen LogP) is -0.0562. The van der Waals surface area contributed by atoms with Crippen LogP contribution in [0.1, 0.15) is 19.8 Å². The standard InChI is InChI=1S/C13H24N4O2.2ClH/c1-11(13(19)17-4-2-3-5-17)15-6-8-16(9-7-15)12(18)10-14;;/h11H,2-10,14H2,1H3;2*1H. The maximum atomic E-state index is 12.3. The number of hydrogen-bond donors (Lipinski definition) is 1. The molecule has 0 aromatic rings. The highest BCUT2D eigenvalue weighted by atomic mass is 35.5. The van der Waals surface area contributed by atoms with Gasteiger partial charge in [0.05, 0.1) is 12.6 Å². The summed E-state index contributed by atoms with van der Waals surface area (Å²) in [7, 11) is 0. The molecule has 21 heavy (non-hydrogen) atoms. The van der Waals surface area contributed by atoms with Crippen LogP contribution in [0.2, 0.25) is 0 Å². The first-order valence-corrected chi connectivity index (χ1v) is 7.14. The third-order valence-corrected chi connectivity index (χ3v) is 4.16. The zero-order valence-electron chi connectivity index (χ0n) is 12.5. The van der Waals surface area contributed by atoms with Crippen molar-refractivity contribution in [1.82, 2.24) is 14.7 Å². The number of amides is 2. The number of rotatable bonds is 3. The van der Waals surface area contributed by atoms with E-state index in [9.17, 15) is 9.59 Å². The molecule has 0 aromatic heterocycles. The Morgan fingerprint density at radius 2 is 1.48 bits per heavy atom. The number of hydrogen-bond acceptors (Lipinski definition) is 4. The van der Waals surface area contributed by atoms with Gasteiger partial charge in [-0.25, -0.2) is 0 Å². The van der Waals surface area contributed by atoms with Gasteiger partial charge < -0.3 is 15.5 Å². The van der Waals surface area contributed by atoms with Crippen molar-refractivity contribution >= 4 is 36.6 Å². The summed E-state index contributed by atoms with van der Waals surface area (Å²) in [5.74, 6) is 0.231. The summed E-state index contributed by atoms with van der Waals surface area (Å²) in [4.78, 5) is 29.7. The Morgan fingerprint density at radius 1 is 0.952 bits per heavy atom. The first-order valence-electron chi connectivity index (χ1n) is 7.14. The van der Waals surface area contributed by atoms with Gasteiger partial charge in [-0.2, -0.15) is 0 Å². The Labute approximate surface area is 138 Å². The monoisotopic (exact) mass is 340 g/mol. The molecule has 2 aliphatic rings. The quantitative estimate of drug-likeness (QED) is 0.781. The molecule has 2 N–H and O–H groups in total. The van der Waals surface area contributed by atoms with Crippen LogP contribution < -0.4 is 5.73 Å². The highest BCUT2D eigenvalue weighted by Crippen LogP contribution is 2.13. The van der Waals surface area contributed by atoms with Crippen molar-refractivity contribution in [2.45, 2.75) is 25.8 Å². The van der Waals surface area contributed by atoms with E-state index in [4.69, 9.17) is 5.73 Å². The summed E-state index contributed by atoms with van der Waals surface area (Å²) < 4.78 is 0. The minimum atomic E-state index is -0.0757. The molecule has 124 valence electrons. The average molecular weight is 341 g/mol. The number of halogens is 2. The molecule has 2 heterocycles. The zero-order chi connectivity index (χ0) is 13.8. The third-order valence-electron chi connectivity index (χ3n) is 4.16. The maximum Gasteiger partial charge on any atom is 0.239 e. The van der Waals surface area contributed by atoms with E-state index in [0.717, 1.165) is 39.0 Å². The fraction of sp³-hybridized carbons (Fsp3) is 0.846. The first-order chi connectivity index (χ1) is 9.13. The van der Waals surface area contributed by atoms with Gasteiger partial charge in [-0.05, 0) is 19.8 Å². The number of carbonyl (C=O) groups excluding carboxylic acids is 2. The van der Waals surface area contributed by atoms with Crippen LogP contribution in [-0.4, -0.2) is 78.4 Å². The number of carbonyl (C=O) groups is 2. The van der Waals surface area contributed by atoms with E-state index in [1.165, 1.54) is 0 Å². The van der Waals surface area contributed by atoms with Gasteiger partial charge in [-0.3, -0.25) is 14.5 Å². The normalized spacial score (nSPS) is 20.5. The van der Waals surface area contributed by atoms with Crippen molar-refractivity contribution in [3.63, 3.8) is 0 Å². The van der Waals surface area contributed by atoms with Crippen molar-refractivity contribution in [1.29, 1.82) is 0 Å². The van der Waals surface area contributed by atoms with Crippen molar-refractivity contribution in [2.24, 2.45) is 5.73 Å². The van der Waals surface area contributed by atoms with Crippen LogP contribution >= 0.6 is 24.8 Å². The highest BCUT2D eigenvalue weighted by molar-refractivity contribution is 5.85. The van der Waals surface area contributed by atoms with E-state index < -0.39 is 0 Å². The molecule has 2 fully saturated rings. The van der Waals surface area contributed by atoms with E-state index in [-0.39, 0.29) is 49.2 Å². The van der Waals surface area contributed by atoms with Gasteiger partial charge in [0, 0.05) is 39.3 Å². The minimum Gasteiger partial charge on any atom is -0.341 e. The summed E-state index contributed by atoms with van der Waals surface area (Å²) >= 11 is 0. The summed E-state index contributed by atoms with van der Waals surface area (Å²) in [5.41, 5.74) is 5.36. The molecule has 6 nitrogen and oxygen atoms in total. The second-order valence-corrected chi connectivity index (χ2v) is 5.33. The second kappa shape index (κ2) is 9.46. The molecule has 0 spiro atoms.